The van der Waals surface area contributed by atoms with E-state index >= 15 is 0 Å². The highest BCUT2D eigenvalue weighted by Crippen LogP contribution is 2.16. The molecule has 0 saturated heterocycles. The van der Waals surface area contributed by atoms with Crippen molar-refractivity contribution in [2.24, 2.45) is 5.92 Å². The molecule has 0 aliphatic rings. The van der Waals surface area contributed by atoms with Gasteiger partial charge in [-0.05, 0) is 43.5 Å². The lowest BCUT2D eigenvalue weighted by molar-refractivity contribution is 0.386. The first-order valence-electron chi connectivity index (χ1n) is 5.69. The monoisotopic (exact) mass is 227 g/mol. The molecule has 0 aliphatic heterocycles. The molecule has 2 atom stereocenters. The van der Waals surface area contributed by atoms with E-state index in [1.165, 1.54) is 12.1 Å². The Balaban J connectivity index is 2.69. The molecule has 2 unspecified atom stereocenters. The number of benzene rings is 1. The molecular weight excluding hydrogens is 208 g/mol. The predicted octanol–water partition coefficient (Wildman–Crippen LogP) is 3.14. The molecule has 0 spiro atoms. The number of hydrogen-bond acceptors (Lipinski definition) is 1. The van der Waals surface area contributed by atoms with Crippen LogP contribution >= 0.6 is 0 Å². The topological polar surface area (TPSA) is 12.0 Å². The zero-order chi connectivity index (χ0) is 12.1. The summed E-state index contributed by atoms with van der Waals surface area (Å²) in [7, 11) is 1.93. The zero-order valence-electron chi connectivity index (χ0n) is 10.1. The minimum Gasteiger partial charge on any atom is -0.317 e. The van der Waals surface area contributed by atoms with Crippen molar-refractivity contribution in [3.05, 3.63) is 35.4 Å². The lowest BCUT2D eigenvalue weighted by Crippen LogP contribution is -2.32. The van der Waals surface area contributed by atoms with E-state index in [-0.39, 0.29) is 0 Å². The summed E-state index contributed by atoms with van der Waals surface area (Å²) >= 11 is 0. The molecule has 1 N–H and O–H groups in total. The highest BCUT2D eigenvalue weighted by Gasteiger charge is 2.14. The number of hydrogen-bond donors (Lipinski definition) is 1. The Morgan fingerprint density at radius 3 is 2.44 bits per heavy atom. The van der Waals surface area contributed by atoms with Gasteiger partial charge in [0.1, 0.15) is 0 Å². The lowest BCUT2D eigenvalue weighted by atomic mass is 9.92. The first-order valence-corrected chi connectivity index (χ1v) is 5.69. The molecule has 1 aromatic rings. The highest BCUT2D eigenvalue weighted by atomic mass is 19.2. The summed E-state index contributed by atoms with van der Waals surface area (Å²) in [6.45, 7) is 4.23. The second-order valence-corrected chi connectivity index (χ2v) is 4.23. The van der Waals surface area contributed by atoms with E-state index in [9.17, 15) is 8.78 Å². The van der Waals surface area contributed by atoms with Gasteiger partial charge in [-0.1, -0.05) is 19.9 Å². The van der Waals surface area contributed by atoms with Crippen LogP contribution in [0.5, 0.6) is 0 Å². The first-order chi connectivity index (χ1) is 7.58. The SMILES string of the molecule is CCC(NC)C(C)Cc1ccc(F)c(F)c1. The van der Waals surface area contributed by atoms with Gasteiger partial charge in [0.05, 0.1) is 0 Å². The van der Waals surface area contributed by atoms with Crippen LogP contribution in [0.3, 0.4) is 0 Å². The maximum Gasteiger partial charge on any atom is 0.159 e. The molecule has 0 saturated carbocycles. The third-order valence-corrected chi connectivity index (χ3v) is 3.04. The molecule has 1 rings (SSSR count). The van der Waals surface area contributed by atoms with Gasteiger partial charge in [-0.2, -0.15) is 0 Å². The van der Waals surface area contributed by atoms with E-state index in [1.807, 2.05) is 7.05 Å². The van der Waals surface area contributed by atoms with Crippen molar-refractivity contribution < 1.29 is 8.78 Å². The summed E-state index contributed by atoms with van der Waals surface area (Å²) in [5.74, 6) is -1.14. The first kappa shape index (κ1) is 13.1. The Bertz CT molecular complexity index is 335. The molecule has 0 aromatic heterocycles. The average molecular weight is 227 g/mol. The van der Waals surface area contributed by atoms with Crippen LogP contribution in [0.15, 0.2) is 18.2 Å². The van der Waals surface area contributed by atoms with Gasteiger partial charge in [0.15, 0.2) is 11.6 Å². The number of nitrogens with one attached hydrogen (secondary N) is 1. The maximum absolute atomic E-state index is 13.0. The Kier molecular flexibility index (Phi) is 4.87. The minimum atomic E-state index is -0.780. The van der Waals surface area contributed by atoms with E-state index in [4.69, 9.17) is 0 Å². The van der Waals surface area contributed by atoms with Crippen molar-refractivity contribution in [2.75, 3.05) is 7.05 Å². The third kappa shape index (κ3) is 3.27. The van der Waals surface area contributed by atoms with Crippen LogP contribution in [-0.2, 0) is 6.42 Å². The van der Waals surface area contributed by atoms with Crippen LogP contribution in [0.25, 0.3) is 0 Å². The summed E-state index contributed by atoms with van der Waals surface area (Å²) in [4.78, 5) is 0. The zero-order valence-corrected chi connectivity index (χ0v) is 10.1. The summed E-state index contributed by atoms with van der Waals surface area (Å²) in [5, 5.41) is 3.23. The van der Waals surface area contributed by atoms with Gasteiger partial charge in [-0.3, -0.25) is 0 Å². The van der Waals surface area contributed by atoms with Crippen LogP contribution in [0.2, 0.25) is 0 Å². The van der Waals surface area contributed by atoms with Gasteiger partial charge in [0, 0.05) is 6.04 Å². The van der Waals surface area contributed by atoms with Crippen molar-refractivity contribution in [2.45, 2.75) is 32.7 Å². The molecule has 0 radical (unpaired) electrons. The summed E-state index contributed by atoms with van der Waals surface area (Å²) in [6.07, 6.45) is 1.79. The minimum absolute atomic E-state index is 0.403. The Labute approximate surface area is 95.9 Å². The van der Waals surface area contributed by atoms with Crippen molar-refractivity contribution >= 4 is 0 Å². The fraction of sp³-hybridized carbons (Fsp3) is 0.538. The molecule has 0 aliphatic carbocycles. The molecule has 90 valence electrons. The van der Waals surface area contributed by atoms with E-state index < -0.39 is 11.6 Å². The molecule has 16 heavy (non-hydrogen) atoms. The standard InChI is InChI=1S/C13H19F2N/c1-4-13(16-3)9(2)7-10-5-6-11(14)12(15)8-10/h5-6,8-9,13,16H,4,7H2,1-3H3. The fourth-order valence-corrected chi connectivity index (χ4v) is 2.07. The van der Waals surface area contributed by atoms with Gasteiger partial charge in [0.2, 0.25) is 0 Å². The summed E-state index contributed by atoms with van der Waals surface area (Å²) < 4.78 is 25.7. The Hall–Kier alpha value is -0.960. The Morgan fingerprint density at radius 1 is 1.25 bits per heavy atom. The van der Waals surface area contributed by atoms with Crippen LogP contribution in [0, 0.1) is 17.6 Å². The molecule has 0 heterocycles. The van der Waals surface area contributed by atoms with Crippen molar-refractivity contribution in [3.8, 4) is 0 Å². The second-order valence-electron chi connectivity index (χ2n) is 4.23. The molecule has 0 fully saturated rings. The summed E-state index contributed by atoms with van der Waals surface area (Å²) in [5.41, 5.74) is 0.847. The van der Waals surface area contributed by atoms with Crippen LogP contribution < -0.4 is 5.32 Å². The quantitative estimate of drug-likeness (QED) is 0.814. The fourth-order valence-electron chi connectivity index (χ4n) is 2.07. The molecule has 3 heteroatoms. The Morgan fingerprint density at radius 2 is 1.94 bits per heavy atom. The largest absolute Gasteiger partial charge is 0.317 e. The van der Waals surface area contributed by atoms with Gasteiger partial charge in [-0.25, -0.2) is 8.78 Å². The molecule has 0 amide bonds. The lowest BCUT2D eigenvalue weighted by Gasteiger charge is -2.22. The third-order valence-electron chi connectivity index (χ3n) is 3.04. The van der Waals surface area contributed by atoms with Crippen LogP contribution in [0.4, 0.5) is 8.78 Å². The second kappa shape index (κ2) is 5.94. The van der Waals surface area contributed by atoms with E-state index in [2.05, 4.69) is 19.2 Å². The average Bonchev–Trinajstić information content (AvgIpc) is 2.25. The molecule has 1 aromatic carbocycles. The highest BCUT2D eigenvalue weighted by molar-refractivity contribution is 5.18. The smallest absolute Gasteiger partial charge is 0.159 e. The van der Waals surface area contributed by atoms with Gasteiger partial charge in [0.25, 0.3) is 0 Å². The predicted molar refractivity (Wildman–Crippen MR) is 62.4 cm³/mol. The summed E-state index contributed by atoms with van der Waals surface area (Å²) in [6, 6.07) is 4.54. The normalized spacial score (nSPS) is 14.8. The van der Waals surface area contributed by atoms with E-state index in [0.717, 1.165) is 18.4 Å². The van der Waals surface area contributed by atoms with E-state index in [1.54, 1.807) is 6.07 Å². The maximum atomic E-state index is 13.0. The molecular formula is C13H19F2N. The van der Waals surface area contributed by atoms with Crippen molar-refractivity contribution in [1.29, 1.82) is 0 Å². The number of halogens is 2. The molecule has 1 nitrogen and oxygen atoms in total. The van der Waals surface area contributed by atoms with Crippen molar-refractivity contribution in [1.82, 2.24) is 5.32 Å². The van der Waals surface area contributed by atoms with Crippen LogP contribution in [0.1, 0.15) is 25.8 Å². The van der Waals surface area contributed by atoms with E-state index in [0.29, 0.717) is 12.0 Å². The van der Waals surface area contributed by atoms with Crippen LogP contribution in [-0.4, -0.2) is 13.1 Å². The van der Waals surface area contributed by atoms with Crippen molar-refractivity contribution in [3.63, 3.8) is 0 Å². The molecule has 0 bridgehead atoms. The van der Waals surface area contributed by atoms with Gasteiger partial charge < -0.3 is 5.32 Å². The van der Waals surface area contributed by atoms with Gasteiger partial charge in [-0.15, -0.1) is 0 Å². The van der Waals surface area contributed by atoms with Gasteiger partial charge >= 0.3 is 0 Å². The number of rotatable bonds is 5.